The van der Waals surface area contributed by atoms with Crippen molar-refractivity contribution in [3.63, 3.8) is 0 Å². The molecule has 1 aromatic heterocycles. The van der Waals surface area contributed by atoms with Crippen molar-refractivity contribution in [1.82, 2.24) is 0 Å². The Hall–Kier alpha value is -2.14. The van der Waals surface area contributed by atoms with Gasteiger partial charge in [0.25, 0.3) is 0 Å². The van der Waals surface area contributed by atoms with Crippen LogP contribution >= 0.6 is 12.2 Å². The summed E-state index contributed by atoms with van der Waals surface area (Å²) in [5.41, 5.74) is 6.17. The Labute approximate surface area is 104 Å². The molecule has 0 unspecified atom stereocenters. The first kappa shape index (κ1) is 12.9. The SMILES string of the molecule is NC(=S)Nc1ccccc1.O=Cc1ccco1. The Morgan fingerprint density at radius 3 is 2.35 bits per heavy atom. The van der Waals surface area contributed by atoms with E-state index in [4.69, 9.17) is 5.73 Å². The summed E-state index contributed by atoms with van der Waals surface area (Å²) in [5.74, 6) is 0.375. The minimum Gasteiger partial charge on any atom is -0.462 e. The summed E-state index contributed by atoms with van der Waals surface area (Å²) in [6.07, 6.45) is 2.13. The molecule has 0 aliphatic heterocycles. The van der Waals surface area contributed by atoms with Gasteiger partial charge in [0.2, 0.25) is 0 Å². The number of anilines is 1. The second kappa shape index (κ2) is 7.19. The molecule has 3 N–H and O–H groups in total. The molecule has 0 atom stereocenters. The maximum atomic E-state index is 9.77. The first-order chi connectivity index (χ1) is 8.22. The molecule has 0 spiro atoms. The number of hydrogen-bond donors (Lipinski definition) is 2. The Balaban J connectivity index is 0.000000181. The number of aldehydes is 1. The average Bonchev–Trinajstić information content (AvgIpc) is 2.83. The predicted octanol–water partition coefficient (Wildman–Crippen LogP) is 2.43. The fourth-order valence-corrected chi connectivity index (χ4v) is 1.14. The first-order valence-corrected chi connectivity index (χ1v) is 5.23. The quantitative estimate of drug-likeness (QED) is 0.631. The van der Waals surface area contributed by atoms with E-state index in [1.54, 1.807) is 12.1 Å². The smallest absolute Gasteiger partial charge is 0.185 e. The van der Waals surface area contributed by atoms with E-state index in [0.717, 1.165) is 5.69 Å². The van der Waals surface area contributed by atoms with Crippen LogP contribution in [0.2, 0.25) is 0 Å². The predicted molar refractivity (Wildman–Crippen MR) is 70.9 cm³/mol. The number of para-hydroxylation sites is 1. The molecule has 0 saturated carbocycles. The van der Waals surface area contributed by atoms with Gasteiger partial charge >= 0.3 is 0 Å². The van der Waals surface area contributed by atoms with Gasteiger partial charge in [-0.3, -0.25) is 4.79 Å². The van der Waals surface area contributed by atoms with Crippen molar-refractivity contribution < 1.29 is 9.21 Å². The highest BCUT2D eigenvalue weighted by Crippen LogP contribution is 2.03. The van der Waals surface area contributed by atoms with Gasteiger partial charge in [-0.15, -0.1) is 0 Å². The molecule has 0 bridgehead atoms. The summed E-state index contributed by atoms with van der Waals surface area (Å²) in [6.45, 7) is 0. The van der Waals surface area contributed by atoms with Crippen LogP contribution in [-0.4, -0.2) is 11.4 Å². The van der Waals surface area contributed by atoms with Crippen LogP contribution in [-0.2, 0) is 0 Å². The van der Waals surface area contributed by atoms with E-state index in [9.17, 15) is 4.79 Å². The third-order valence-electron chi connectivity index (χ3n) is 1.70. The molecule has 2 aromatic rings. The van der Waals surface area contributed by atoms with Crippen molar-refractivity contribution in [2.45, 2.75) is 0 Å². The fraction of sp³-hybridized carbons (Fsp3) is 0. The van der Waals surface area contributed by atoms with Crippen molar-refractivity contribution in [3.05, 3.63) is 54.5 Å². The molecule has 0 radical (unpaired) electrons. The zero-order valence-electron chi connectivity index (χ0n) is 9.00. The summed E-state index contributed by atoms with van der Waals surface area (Å²) in [5, 5.41) is 3.11. The van der Waals surface area contributed by atoms with Crippen LogP contribution in [0.1, 0.15) is 10.6 Å². The summed E-state index contributed by atoms with van der Waals surface area (Å²) in [4.78, 5) is 9.77. The average molecular weight is 248 g/mol. The molecule has 0 fully saturated rings. The third-order valence-corrected chi connectivity index (χ3v) is 1.80. The molecule has 88 valence electrons. The van der Waals surface area contributed by atoms with Gasteiger partial charge in [-0.1, -0.05) is 18.2 Å². The van der Waals surface area contributed by atoms with Crippen LogP contribution in [0.3, 0.4) is 0 Å². The topological polar surface area (TPSA) is 68.3 Å². The summed E-state index contributed by atoms with van der Waals surface area (Å²) in [7, 11) is 0. The molecular weight excluding hydrogens is 236 g/mol. The van der Waals surface area contributed by atoms with Crippen LogP contribution in [0.15, 0.2) is 53.1 Å². The number of carbonyl (C=O) groups is 1. The number of benzene rings is 1. The van der Waals surface area contributed by atoms with E-state index in [1.165, 1.54) is 6.26 Å². The van der Waals surface area contributed by atoms with E-state index in [1.807, 2.05) is 30.3 Å². The molecule has 1 aromatic carbocycles. The Morgan fingerprint density at radius 1 is 1.24 bits per heavy atom. The summed E-state index contributed by atoms with van der Waals surface area (Å²) in [6, 6.07) is 12.8. The number of hydrogen-bond acceptors (Lipinski definition) is 3. The van der Waals surface area contributed by atoms with E-state index in [-0.39, 0.29) is 0 Å². The number of thiocarbonyl (C=S) groups is 1. The second-order valence-corrected chi connectivity index (χ2v) is 3.43. The fourth-order valence-electron chi connectivity index (χ4n) is 1.02. The molecule has 5 heteroatoms. The van der Waals surface area contributed by atoms with E-state index >= 15 is 0 Å². The molecule has 4 nitrogen and oxygen atoms in total. The van der Waals surface area contributed by atoms with E-state index in [2.05, 4.69) is 22.0 Å². The highest BCUT2D eigenvalue weighted by molar-refractivity contribution is 7.80. The van der Waals surface area contributed by atoms with Gasteiger partial charge in [-0.05, 0) is 36.5 Å². The molecule has 17 heavy (non-hydrogen) atoms. The first-order valence-electron chi connectivity index (χ1n) is 4.82. The van der Waals surface area contributed by atoms with Crippen molar-refractivity contribution in [3.8, 4) is 0 Å². The van der Waals surface area contributed by atoms with Crippen LogP contribution in [0.5, 0.6) is 0 Å². The highest BCUT2D eigenvalue weighted by Gasteiger charge is 1.87. The molecule has 1 heterocycles. The van der Waals surface area contributed by atoms with Crippen LogP contribution in [0.25, 0.3) is 0 Å². The van der Waals surface area contributed by atoms with Crippen LogP contribution < -0.4 is 11.1 Å². The third kappa shape index (κ3) is 5.48. The lowest BCUT2D eigenvalue weighted by molar-refractivity contribution is 0.110. The van der Waals surface area contributed by atoms with Gasteiger partial charge in [-0.2, -0.15) is 0 Å². The van der Waals surface area contributed by atoms with Gasteiger partial charge in [-0.25, -0.2) is 0 Å². The minimum absolute atomic E-state index is 0.297. The lowest BCUT2D eigenvalue weighted by Gasteiger charge is -2.00. The maximum absolute atomic E-state index is 9.77. The zero-order chi connectivity index (χ0) is 12.5. The molecular formula is C12H12N2O2S. The summed E-state index contributed by atoms with van der Waals surface area (Å²) >= 11 is 4.64. The van der Waals surface area contributed by atoms with Crippen LogP contribution in [0.4, 0.5) is 5.69 Å². The lowest BCUT2D eigenvalue weighted by atomic mass is 10.3. The molecule has 0 amide bonds. The van der Waals surface area contributed by atoms with Gasteiger partial charge < -0.3 is 15.5 Å². The molecule has 0 aliphatic rings. The van der Waals surface area contributed by atoms with Gasteiger partial charge in [0.15, 0.2) is 17.2 Å². The highest BCUT2D eigenvalue weighted by atomic mass is 32.1. The van der Waals surface area contributed by atoms with Crippen molar-refractivity contribution in [2.75, 3.05) is 5.32 Å². The zero-order valence-corrected chi connectivity index (χ0v) is 9.81. The number of rotatable bonds is 2. The van der Waals surface area contributed by atoms with E-state index < -0.39 is 0 Å². The van der Waals surface area contributed by atoms with Gasteiger partial charge in [0.05, 0.1) is 6.26 Å². The Morgan fingerprint density at radius 2 is 1.94 bits per heavy atom. The summed E-state index contributed by atoms with van der Waals surface area (Å²) < 4.78 is 4.61. The lowest BCUT2D eigenvalue weighted by Crippen LogP contribution is -2.18. The molecule has 0 saturated heterocycles. The number of carbonyl (C=O) groups excluding carboxylic acids is 1. The van der Waals surface area contributed by atoms with Gasteiger partial charge in [0.1, 0.15) is 0 Å². The second-order valence-electron chi connectivity index (χ2n) is 2.99. The molecule has 0 aliphatic carbocycles. The Kier molecular flexibility index (Phi) is 5.46. The molecule has 2 rings (SSSR count). The largest absolute Gasteiger partial charge is 0.462 e. The van der Waals surface area contributed by atoms with Crippen molar-refractivity contribution in [1.29, 1.82) is 0 Å². The van der Waals surface area contributed by atoms with E-state index in [0.29, 0.717) is 17.2 Å². The van der Waals surface area contributed by atoms with Crippen molar-refractivity contribution >= 4 is 29.3 Å². The monoisotopic (exact) mass is 248 g/mol. The number of nitrogens with two attached hydrogens (primary N) is 1. The standard InChI is InChI=1S/C7H8N2S.C5H4O2/c8-7(10)9-6-4-2-1-3-5-6;6-4-5-2-1-3-7-5/h1-5H,(H3,8,9,10);1-4H. The van der Waals surface area contributed by atoms with Crippen LogP contribution in [0, 0.1) is 0 Å². The minimum atomic E-state index is 0.297. The number of furan rings is 1. The Bertz CT molecular complexity index is 455. The normalized spacial score (nSPS) is 8.71. The maximum Gasteiger partial charge on any atom is 0.185 e. The number of nitrogens with one attached hydrogen (secondary N) is 1. The van der Waals surface area contributed by atoms with Crippen molar-refractivity contribution in [2.24, 2.45) is 5.73 Å². The van der Waals surface area contributed by atoms with Gasteiger partial charge in [0, 0.05) is 5.69 Å².